The van der Waals surface area contributed by atoms with Crippen molar-refractivity contribution in [1.29, 1.82) is 0 Å². The van der Waals surface area contributed by atoms with Gasteiger partial charge in [0.1, 0.15) is 18.5 Å². The largest absolute Gasteiger partial charge is 0.491 e. The molecule has 0 amide bonds. The first-order chi connectivity index (χ1) is 10.1. The number of aliphatic hydroxyl groups excluding tert-OH is 1. The number of aromatic nitrogens is 1. The molecule has 0 bridgehead atoms. The summed E-state index contributed by atoms with van der Waals surface area (Å²) >= 11 is 0. The second-order valence-corrected chi connectivity index (χ2v) is 5.19. The van der Waals surface area contributed by atoms with Gasteiger partial charge in [-0.3, -0.25) is 4.98 Å². The van der Waals surface area contributed by atoms with Crippen molar-refractivity contribution in [2.45, 2.75) is 26.0 Å². The summed E-state index contributed by atoms with van der Waals surface area (Å²) in [5, 5.41) is 13.2. The minimum atomic E-state index is -0.546. The first-order valence-corrected chi connectivity index (χ1v) is 7.16. The van der Waals surface area contributed by atoms with Crippen LogP contribution in [0.15, 0.2) is 48.8 Å². The van der Waals surface area contributed by atoms with Crippen LogP contribution in [0.4, 0.5) is 0 Å². The molecule has 0 aliphatic rings. The number of hydrogen-bond acceptors (Lipinski definition) is 4. The molecular weight excluding hydrogens is 264 g/mol. The van der Waals surface area contributed by atoms with Crippen molar-refractivity contribution >= 4 is 0 Å². The number of ether oxygens (including phenoxy) is 1. The third kappa shape index (κ3) is 5.17. The summed E-state index contributed by atoms with van der Waals surface area (Å²) in [5.74, 6) is 0.779. The second kappa shape index (κ2) is 7.76. The highest BCUT2D eigenvalue weighted by molar-refractivity contribution is 5.26. The van der Waals surface area contributed by atoms with Gasteiger partial charge in [0, 0.05) is 25.0 Å². The van der Waals surface area contributed by atoms with E-state index in [0.717, 1.165) is 11.3 Å². The molecule has 2 aromatic rings. The summed E-state index contributed by atoms with van der Waals surface area (Å²) < 4.78 is 5.56. The first kappa shape index (κ1) is 15.5. The van der Waals surface area contributed by atoms with E-state index in [1.807, 2.05) is 43.3 Å². The van der Waals surface area contributed by atoms with Crippen LogP contribution < -0.4 is 10.1 Å². The van der Waals surface area contributed by atoms with Crippen LogP contribution in [0.5, 0.6) is 5.75 Å². The maximum absolute atomic E-state index is 9.96. The van der Waals surface area contributed by atoms with Crippen LogP contribution in [0.25, 0.3) is 0 Å². The molecule has 1 aromatic carbocycles. The molecule has 0 aliphatic carbocycles. The number of aryl methyl sites for hydroxylation is 1. The number of hydrogen-bond donors (Lipinski definition) is 2. The van der Waals surface area contributed by atoms with Gasteiger partial charge in [0.2, 0.25) is 0 Å². The van der Waals surface area contributed by atoms with Gasteiger partial charge in [-0.15, -0.1) is 0 Å². The highest BCUT2D eigenvalue weighted by Gasteiger charge is 2.09. The van der Waals surface area contributed by atoms with Gasteiger partial charge in [0.05, 0.1) is 0 Å². The van der Waals surface area contributed by atoms with Crippen molar-refractivity contribution < 1.29 is 9.84 Å². The number of aliphatic hydroxyl groups is 1. The lowest BCUT2D eigenvalue weighted by atomic mass is 10.1. The van der Waals surface area contributed by atoms with Crippen LogP contribution >= 0.6 is 0 Å². The Morgan fingerprint density at radius 1 is 1.14 bits per heavy atom. The minimum Gasteiger partial charge on any atom is -0.491 e. The monoisotopic (exact) mass is 286 g/mol. The van der Waals surface area contributed by atoms with Gasteiger partial charge in [-0.05, 0) is 43.7 Å². The zero-order chi connectivity index (χ0) is 15.1. The lowest BCUT2D eigenvalue weighted by Crippen LogP contribution is -2.33. The molecular formula is C17H22N2O2. The number of benzene rings is 1. The Morgan fingerprint density at radius 3 is 2.48 bits per heavy atom. The van der Waals surface area contributed by atoms with Gasteiger partial charge < -0.3 is 15.2 Å². The van der Waals surface area contributed by atoms with Crippen molar-refractivity contribution in [2.75, 3.05) is 13.2 Å². The number of rotatable bonds is 7. The van der Waals surface area contributed by atoms with Crippen molar-refractivity contribution in [3.63, 3.8) is 0 Å². The predicted octanol–water partition coefficient (Wildman–Crippen LogP) is 2.48. The van der Waals surface area contributed by atoms with E-state index in [4.69, 9.17) is 4.74 Å². The van der Waals surface area contributed by atoms with Gasteiger partial charge >= 0.3 is 0 Å². The molecule has 2 N–H and O–H groups in total. The van der Waals surface area contributed by atoms with Crippen molar-refractivity contribution in [1.82, 2.24) is 10.3 Å². The number of nitrogens with one attached hydrogen (secondary N) is 1. The van der Waals surface area contributed by atoms with Crippen molar-refractivity contribution in [3.05, 3.63) is 59.9 Å². The van der Waals surface area contributed by atoms with Crippen LogP contribution in [0.1, 0.15) is 24.1 Å². The summed E-state index contributed by atoms with van der Waals surface area (Å²) in [6, 6.07) is 11.9. The van der Waals surface area contributed by atoms with E-state index in [-0.39, 0.29) is 12.6 Å². The van der Waals surface area contributed by atoms with E-state index in [0.29, 0.717) is 6.54 Å². The van der Waals surface area contributed by atoms with E-state index in [9.17, 15) is 5.11 Å². The quantitative estimate of drug-likeness (QED) is 0.821. The summed E-state index contributed by atoms with van der Waals surface area (Å²) in [6.45, 7) is 4.85. The molecule has 112 valence electrons. The molecule has 0 fully saturated rings. The topological polar surface area (TPSA) is 54.4 Å². The van der Waals surface area contributed by atoms with Gasteiger partial charge in [0.15, 0.2) is 0 Å². The first-order valence-electron chi connectivity index (χ1n) is 7.16. The summed E-state index contributed by atoms with van der Waals surface area (Å²) in [5.41, 5.74) is 2.34. The molecule has 2 rings (SSSR count). The lowest BCUT2D eigenvalue weighted by Gasteiger charge is -2.18. The van der Waals surface area contributed by atoms with Crippen LogP contribution in [0, 0.1) is 6.92 Å². The molecule has 1 aromatic heterocycles. The van der Waals surface area contributed by atoms with E-state index < -0.39 is 6.10 Å². The SMILES string of the molecule is Cc1ccc(OCC(O)CNC(C)c2ccncc2)cc1. The predicted molar refractivity (Wildman–Crippen MR) is 83.3 cm³/mol. The molecule has 1 heterocycles. The van der Waals surface area contributed by atoms with Crippen molar-refractivity contribution in [2.24, 2.45) is 0 Å². The molecule has 0 saturated carbocycles. The van der Waals surface area contributed by atoms with E-state index >= 15 is 0 Å². The Bertz CT molecular complexity index is 528. The molecule has 21 heavy (non-hydrogen) atoms. The zero-order valence-corrected chi connectivity index (χ0v) is 12.5. The fourth-order valence-corrected chi connectivity index (χ4v) is 1.97. The maximum atomic E-state index is 9.96. The fraction of sp³-hybridized carbons (Fsp3) is 0.353. The number of pyridine rings is 1. The van der Waals surface area contributed by atoms with E-state index in [1.165, 1.54) is 5.56 Å². The molecule has 4 nitrogen and oxygen atoms in total. The third-order valence-corrected chi connectivity index (χ3v) is 3.33. The lowest BCUT2D eigenvalue weighted by molar-refractivity contribution is 0.104. The van der Waals surface area contributed by atoms with Crippen molar-refractivity contribution in [3.8, 4) is 5.75 Å². The number of nitrogens with zero attached hydrogens (tertiary/aromatic N) is 1. The molecule has 4 heteroatoms. The average Bonchev–Trinajstić information content (AvgIpc) is 2.53. The Labute approximate surface area is 125 Å². The Morgan fingerprint density at radius 2 is 1.81 bits per heavy atom. The van der Waals surface area contributed by atoms with Gasteiger partial charge in [-0.2, -0.15) is 0 Å². The second-order valence-electron chi connectivity index (χ2n) is 5.19. The smallest absolute Gasteiger partial charge is 0.119 e. The van der Waals surface area contributed by atoms with E-state index in [1.54, 1.807) is 12.4 Å². The Hall–Kier alpha value is -1.91. The van der Waals surface area contributed by atoms with Crippen LogP contribution in [0.3, 0.4) is 0 Å². The van der Waals surface area contributed by atoms with Crippen LogP contribution in [-0.4, -0.2) is 29.3 Å². The molecule has 2 atom stereocenters. The summed E-state index contributed by atoms with van der Waals surface area (Å²) in [6.07, 6.45) is 2.99. The van der Waals surface area contributed by atoms with Crippen LogP contribution in [0.2, 0.25) is 0 Å². The average molecular weight is 286 g/mol. The zero-order valence-electron chi connectivity index (χ0n) is 12.5. The van der Waals surface area contributed by atoms with Crippen LogP contribution in [-0.2, 0) is 0 Å². The molecule has 0 radical (unpaired) electrons. The fourth-order valence-electron chi connectivity index (χ4n) is 1.97. The third-order valence-electron chi connectivity index (χ3n) is 3.33. The van der Waals surface area contributed by atoms with Gasteiger partial charge in [0.25, 0.3) is 0 Å². The van der Waals surface area contributed by atoms with Gasteiger partial charge in [-0.1, -0.05) is 17.7 Å². The summed E-state index contributed by atoms with van der Waals surface area (Å²) in [4.78, 5) is 4.00. The van der Waals surface area contributed by atoms with Gasteiger partial charge in [-0.25, -0.2) is 0 Å². The van der Waals surface area contributed by atoms with E-state index in [2.05, 4.69) is 17.2 Å². The highest BCUT2D eigenvalue weighted by atomic mass is 16.5. The normalized spacial score (nSPS) is 13.7. The summed E-state index contributed by atoms with van der Waals surface area (Å²) in [7, 11) is 0. The Balaban J connectivity index is 1.72. The Kier molecular flexibility index (Phi) is 5.72. The minimum absolute atomic E-state index is 0.169. The standard InChI is InChI=1S/C17H22N2O2/c1-13-3-5-17(6-4-13)21-12-16(20)11-19-14(2)15-7-9-18-10-8-15/h3-10,14,16,19-20H,11-12H2,1-2H3. The molecule has 0 spiro atoms. The maximum Gasteiger partial charge on any atom is 0.119 e. The molecule has 0 saturated heterocycles. The highest BCUT2D eigenvalue weighted by Crippen LogP contribution is 2.12. The molecule has 2 unspecified atom stereocenters. The molecule has 0 aliphatic heterocycles.